The minimum atomic E-state index is -4.82. The van der Waals surface area contributed by atoms with Crippen LogP contribution in [0.15, 0.2) is 12.2 Å². The second-order valence-electron chi connectivity index (χ2n) is 4.08. The fraction of sp³-hybridized carbons (Fsp3) is 0.667. The van der Waals surface area contributed by atoms with Gasteiger partial charge in [-0.1, -0.05) is 13.0 Å². The maximum absolute atomic E-state index is 11.8. The van der Waals surface area contributed by atoms with Crippen LogP contribution in [-0.4, -0.2) is 31.2 Å². The molecule has 0 saturated carbocycles. The first-order chi connectivity index (χ1) is 8.75. The summed E-state index contributed by atoms with van der Waals surface area (Å²) >= 11 is 0. The lowest BCUT2D eigenvalue weighted by Crippen LogP contribution is -2.37. The fourth-order valence-corrected chi connectivity index (χ4v) is 1.17. The van der Waals surface area contributed by atoms with Crippen molar-refractivity contribution in [3.05, 3.63) is 12.2 Å². The molecule has 0 atom stereocenters. The molecule has 110 valence electrons. The van der Waals surface area contributed by atoms with Gasteiger partial charge in [-0.3, -0.25) is 4.79 Å². The van der Waals surface area contributed by atoms with Crippen LogP contribution < -0.4 is 5.32 Å². The van der Waals surface area contributed by atoms with E-state index in [1.54, 1.807) is 12.2 Å². The van der Waals surface area contributed by atoms with Crippen molar-refractivity contribution in [3.8, 4) is 0 Å². The quantitative estimate of drug-likeness (QED) is 0.422. The molecule has 0 heterocycles. The summed E-state index contributed by atoms with van der Waals surface area (Å²) in [7, 11) is 0. The lowest BCUT2D eigenvalue weighted by Gasteiger charge is -2.07. The molecule has 0 unspecified atom stereocenters. The van der Waals surface area contributed by atoms with Crippen molar-refractivity contribution in [3.63, 3.8) is 0 Å². The monoisotopic (exact) mass is 281 g/mol. The molecule has 19 heavy (non-hydrogen) atoms. The largest absolute Gasteiger partial charge is 0.471 e. The van der Waals surface area contributed by atoms with Gasteiger partial charge in [-0.25, -0.2) is 4.79 Å². The molecule has 1 amide bonds. The number of rotatable bonds is 8. The Morgan fingerprint density at radius 1 is 1.16 bits per heavy atom. The first-order valence-electron chi connectivity index (χ1n) is 5.93. The van der Waals surface area contributed by atoms with Crippen LogP contribution in [0.5, 0.6) is 0 Å². The van der Waals surface area contributed by atoms with Crippen molar-refractivity contribution in [1.82, 2.24) is 5.32 Å². The Balaban J connectivity index is 3.40. The number of ether oxygens (including phenoxy) is 1. The van der Waals surface area contributed by atoms with Crippen molar-refractivity contribution in [1.29, 1.82) is 0 Å². The zero-order valence-corrected chi connectivity index (χ0v) is 10.8. The third kappa shape index (κ3) is 9.10. The number of carbonyl (C=O) groups excluding carboxylic acids is 2. The minimum absolute atomic E-state index is 0.0100. The third-order valence-corrected chi connectivity index (χ3v) is 2.20. The first-order valence-corrected chi connectivity index (χ1v) is 5.93. The maximum atomic E-state index is 11.8. The summed E-state index contributed by atoms with van der Waals surface area (Å²) in [5, 5.41) is 1.79. The van der Waals surface area contributed by atoms with E-state index in [2.05, 4.69) is 6.58 Å². The molecule has 0 aliphatic rings. The Morgan fingerprint density at radius 3 is 2.26 bits per heavy atom. The highest BCUT2D eigenvalue weighted by Crippen LogP contribution is 2.14. The molecule has 0 aliphatic carbocycles. The van der Waals surface area contributed by atoms with Gasteiger partial charge in [0.25, 0.3) is 0 Å². The van der Waals surface area contributed by atoms with Crippen LogP contribution in [0.4, 0.5) is 13.2 Å². The molecule has 0 saturated heterocycles. The maximum Gasteiger partial charge on any atom is 0.471 e. The Labute approximate surface area is 110 Å². The van der Waals surface area contributed by atoms with Gasteiger partial charge in [0.1, 0.15) is 0 Å². The van der Waals surface area contributed by atoms with Crippen LogP contribution in [0.25, 0.3) is 0 Å². The van der Waals surface area contributed by atoms with Crippen LogP contribution in [-0.2, 0) is 14.3 Å². The number of unbranched alkanes of at least 4 members (excludes halogenated alkanes) is 3. The number of esters is 1. The van der Waals surface area contributed by atoms with E-state index in [9.17, 15) is 22.8 Å². The molecule has 1 N–H and O–H groups in total. The van der Waals surface area contributed by atoms with E-state index in [1.165, 1.54) is 0 Å². The van der Waals surface area contributed by atoms with E-state index < -0.39 is 18.1 Å². The molecule has 0 spiro atoms. The number of hydrogen-bond acceptors (Lipinski definition) is 3. The SMILES string of the molecule is C=C(C)C(=O)OCCCCCCNC(=O)C(F)(F)F. The molecule has 4 nitrogen and oxygen atoms in total. The number of carbonyl (C=O) groups is 2. The summed E-state index contributed by atoms with van der Waals surface area (Å²) in [5.41, 5.74) is 0.329. The Hall–Kier alpha value is -1.53. The average Bonchev–Trinajstić information content (AvgIpc) is 2.30. The van der Waals surface area contributed by atoms with Gasteiger partial charge in [0.2, 0.25) is 0 Å². The summed E-state index contributed by atoms with van der Waals surface area (Å²) < 4.78 is 40.2. The van der Waals surface area contributed by atoms with Gasteiger partial charge in [0.05, 0.1) is 6.61 Å². The predicted molar refractivity (Wildman–Crippen MR) is 63.3 cm³/mol. The van der Waals surface area contributed by atoms with Crippen molar-refractivity contribution >= 4 is 11.9 Å². The molecule has 0 radical (unpaired) electrons. The topological polar surface area (TPSA) is 55.4 Å². The van der Waals surface area contributed by atoms with Crippen molar-refractivity contribution in [2.24, 2.45) is 0 Å². The second kappa shape index (κ2) is 8.55. The molecule has 0 fully saturated rings. The zero-order chi connectivity index (χ0) is 14.9. The summed E-state index contributed by atoms with van der Waals surface area (Å²) in [4.78, 5) is 21.4. The Morgan fingerprint density at radius 2 is 1.74 bits per heavy atom. The molecule has 0 rings (SSSR count). The highest BCUT2D eigenvalue weighted by Gasteiger charge is 2.38. The van der Waals surface area contributed by atoms with Crippen LogP contribution in [0.1, 0.15) is 32.6 Å². The fourth-order valence-electron chi connectivity index (χ4n) is 1.17. The number of nitrogens with one attached hydrogen (secondary N) is 1. The summed E-state index contributed by atoms with van der Waals surface area (Å²) in [5.74, 6) is -2.36. The molecule has 0 aromatic carbocycles. The lowest BCUT2D eigenvalue weighted by atomic mass is 10.2. The average molecular weight is 281 g/mol. The minimum Gasteiger partial charge on any atom is -0.462 e. The van der Waals surface area contributed by atoms with E-state index >= 15 is 0 Å². The van der Waals surface area contributed by atoms with Crippen LogP contribution in [0, 0.1) is 0 Å². The number of alkyl halides is 3. The van der Waals surface area contributed by atoms with Gasteiger partial charge in [0.15, 0.2) is 0 Å². The molecule has 0 aliphatic heterocycles. The standard InChI is InChI=1S/C12H18F3NO3/c1-9(2)10(17)19-8-6-4-3-5-7-16-11(18)12(13,14)15/h1,3-8H2,2H3,(H,16,18). The first kappa shape index (κ1) is 17.5. The molecular formula is C12H18F3NO3. The van der Waals surface area contributed by atoms with Crippen LogP contribution >= 0.6 is 0 Å². The Bertz CT molecular complexity index is 327. The number of amides is 1. The van der Waals surface area contributed by atoms with Crippen LogP contribution in [0.3, 0.4) is 0 Å². The van der Waals surface area contributed by atoms with E-state index in [0.717, 1.165) is 0 Å². The van der Waals surface area contributed by atoms with E-state index in [4.69, 9.17) is 4.74 Å². The summed E-state index contributed by atoms with van der Waals surface area (Å²) in [6.45, 7) is 5.23. The molecule has 0 aromatic heterocycles. The van der Waals surface area contributed by atoms with Crippen molar-refractivity contribution in [2.45, 2.75) is 38.8 Å². The highest BCUT2D eigenvalue weighted by atomic mass is 19.4. The van der Waals surface area contributed by atoms with Gasteiger partial charge in [0, 0.05) is 12.1 Å². The van der Waals surface area contributed by atoms with Crippen molar-refractivity contribution < 1.29 is 27.5 Å². The van der Waals surface area contributed by atoms with Gasteiger partial charge >= 0.3 is 18.1 Å². The van der Waals surface area contributed by atoms with E-state index in [1.807, 2.05) is 0 Å². The van der Waals surface area contributed by atoms with Gasteiger partial charge in [-0.05, 0) is 26.2 Å². The van der Waals surface area contributed by atoms with E-state index in [-0.39, 0.29) is 13.2 Å². The second-order valence-corrected chi connectivity index (χ2v) is 4.08. The lowest BCUT2D eigenvalue weighted by molar-refractivity contribution is -0.173. The predicted octanol–water partition coefficient (Wildman–Crippen LogP) is 2.34. The molecule has 7 heteroatoms. The molecule has 0 aromatic rings. The Kier molecular flexibility index (Phi) is 7.86. The van der Waals surface area contributed by atoms with Gasteiger partial charge in [-0.15, -0.1) is 0 Å². The number of halogens is 3. The normalized spacial score (nSPS) is 10.9. The van der Waals surface area contributed by atoms with Crippen LogP contribution in [0.2, 0.25) is 0 Å². The van der Waals surface area contributed by atoms with Gasteiger partial charge in [-0.2, -0.15) is 13.2 Å². The smallest absolute Gasteiger partial charge is 0.462 e. The van der Waals surface area contributed by atoms with Gasteiger partial charge < -0.3 is 10.1 Å². The zero-order valence-electron chi connectivity index (χ0n) is 10.8. The summed E-state index contributed by atoms with van der Waals surface area (Å²) in [6, 6.07) is 0. The molecular weight excluding hydrogens is 263 g/mol. The molecule has 0 bridgehead atoms. The number of hydrogen-bond donors (Lipinski definition) is 1. The third-order valence-electron chi connectivity index (χ3n) is 2.20. The van der Waals surface area contributed by atoms with Crippen molar-refractivity contribution in [2.75, 3.05) is 13.2 Å². The highest BCUT2D eigenvalue weighted by molar-refractivity contribution is 5.86. The summed E-state index contributed by atoms with van der Waals surface area (Å²) in [6.07, 6.45) is -2.37. The van der Waals surface area contributed by atoms with E-state index in [0.29, 0.717) is 31.3 Å².